The Kier molecular flexibility index (Phi) is 9.55. The Morgan fingerprint density at radius 2 is 1.70 bits per heavy atom. The van der Waals surface area contributed by atoms with Crippen LogP contribution in [0.25, 0.3) is 0 Å². The summed E-state index contributed by atoms with van der Waals surface area (Å²) in [5, 5.41) is 3.00. The van der Waals surface area contributed by atoms with Crippen molar-refractivity contribution in [2.75, 3.05) is 33.9 Å². The molecule has 0 radical (unpaired) electrons. The fraction of sp³-hybridized carbons (Fsp3) is 0.409. The first kappa shape index (κ1) is 21.1. The van der Waals surface area contributed by atoms with Crippen LogP contribution in [0.5, 0.6) is 0 Å². The predicted molar refractivity (Wildman–Crippen MR) is 107 cm³/mol. The fourth-order valence-corrected chi connectivity index (χ4v) is 2.78. The number of nitrogens with one attached hydrogen (secondary N) is 1. The molecule has 0 aliphatic heterocycles. The molecule has 27 heavy (non-hydrogen) atoms. The minimum Gasteiger partial charge on any atom is -0.385 e. The van der Waals surface area contributed by atoms with Crippen LogP contribution in [0.2, 0.25) is 0 Å². The van der Waals surface area contributed by atoms with E-state index in [1.807, 2.05) is 54.4 Å². The van der Waals surface area contributed by atoms with Crippen LogP contribution >= 0.6 is 0 Å². The quantitative estimate of drug-likeness (QED) is 0.584. The maximum absolute atomic E-state index is 12.2. The van der Waals surface area contributed by atoms with Crippen LogP contribution in [0, 0.1) is 0 Å². The van der Waals surface area contributed by atoms with Gasteiger partial charge in [-0.15, -0.1) is 0 Å². The van der Waals surface area contributed by atoms with Crippen molar-refractivity contribution in [3.63, 3.8) is 0 Å². The lowest BCUT2D eigenvalue weighted by atomic mass is 10.1. The van der Waals surface area contributed by atoms with E-state index < -0.39 is 0 Å². The van der Waals surface area contributed by atoms with Gasteiger partial charge in [-0.2, -0.15) is 0 Å². The highest BCUT2D eigenvalue weighted by molar-refractivity contribution is 5.78. The van der Waals surface area contributed by atoms with Crippen LogP contribution in [0.15, 0.2) is 54.6 Å². The van der Waals surface area contributed by atoms with E-state index in [2.05, 4.69) is 17.4 Å². The summed E-state index contributed by atoms with van der Waals surface area (Å²) in [5.41, 5.74) is 3.34. The molecule has 0 saturated heterocycles. The lowest BCUT2D eigenvalue weighted by Gasteiger charge is -2.16. The topological polar surface area (TPSA) is 50.8 Å². The second-order valence-corrected chi connectivity index (χ2v) is 6.61. The van der Waals surface area contributed by atoms with Gasteiger partial charge in [0.15, 0.2) is 0 Å². The summed E-state index contributed by atoms with van der Waals surface area (Å²) in [4.78, 5) is 14.2. The molecule has 0 bridgehead atoms. The first-order valence-corrected chi connectivity index (χ1v) is 9.31. The highest BCUT2D eigenvalue weighted by atomic mass is 16.5. The van der Waals surface area contributed by atoms with E-state index in [4.69, 9.17) is 9.47 Å². The van der Waals surface area contributed by atoms with Gasteiger partial charge in [0.2, 0.25) is 5.91 Å². The summed E-state index contributed by atoms with van der Waals surface area (Å²) in [6, 6.07) is 18.2. The van der Waals surface area contributed by atoms with Crippen LogP contribution < -0.4 is 5.32 Å². The van der Waals surface area contributed by atoms with Gasteiger partial charge >= 0.3 is 0 Å². The molecule has 2 rings (SSSR count). The smallest absolute Gasteiger partial charge is 0.234 e. The number of methoxy groups -OCH3 is 1. The molecule has 0 spiro atoms. The van der Waals surface area contributed by atoms with Gasteiger partial charge in [-0.3, -0.25) is 9.69 Å². The first-order valence-electron chi connectivity index (χ1n) is 9.31. The van der Waals surface area contributed by atoms with E-state index in [1.54, 1.807) is 7.11 Å². The average molecular weight is 370 g/mol. The molecular weight excluding hydrogens is 340 g/mol. The summed E-state index contributed by atoms with van der Waals surface area (Å²) in [5.74, 6) is 0.0231. The summed E-state index contributed by atoms with van der Waals surface area (Å²) >= 11 is 0. The van der Waals surface area contributed by atoms with Gasteiger partial charge in [0.25, 0.3) is 0 Å². The number of hydrogen-bond donors (Lipinski definition) is 1. The summed E-state index contributed by atoms with van der Waals surface area (Å²) < 4.78 is 10.9. The third-order valence-electron chi connectivity index (χ3n) is 4.27. The molecule has 0 aliphatic carbocycles. The van der Waals surface area contributed by atoms with Crippen LogP contribution in [0.4, 0.5) is 0 Å². The van der Waals surface area contributed by atoms with E-state index in [9.17, 15) is 4.79 Å². The van der Waals surface area contributed by atoms with Crippen molar-refractivity contribution in [3.8, 4) is 0 Å². The van der Waals surface area contributed by atoms with Crippen LogP contribution in [0.3, 0.4) is 0 Å². The number of ether oxygens (including phenoxy) is 2. The van der Waals surface area contributed by atoms with Crippen LogP contribution in [-0.2, 0) is 34.0 Å². The molecule has 1 amide bonds. The Balaban J connectivity index is 1.76. The van der Waals surface area contributed by atoms with E-state index in [1.165, 1.54) is 0 Å². The molecule has 0 atom stereocenters. The third-order valence-corrected chi connectivity index (χ3v) is 4.27. The first-order chi connectivity index (χ1) is 13.2. The molecule has 146 valence electrons. The largest absolute Gasteiger partial charge is 0.385 e. The standard InChI is InChI=1S/C22H30N2O3/c1-24(13-8-14-26-2)16-22(25)23-15-20-11-6-7-12-21(20)18-27-17-19-9-4-3-5-10-19/h3-7,9-12H,8,13-18H2,1-2H3,(H,23,25). The van der Waals surface area contributed by atoms with Gasteiger partial charge < -0.3 is 14.8 Å². The third kappa shape index (κ3) is 8.35. The minimum atomic E-state index is 0.0231. The zero-order chi connectivity index (χ0) is 19.3. The molecular formula is C22H30N2O3. The van der Waals surface area contributed by atoms with Crippen LogP contribution in [-0.4, -0.2) is 44.7 Å². The maximum atomic E-state index is 12.2. The molecule has 1 N–H and O–H groups in total. The summed E-state index contributed by atoms with van der Waals surface area (Å²) in [6.07, 6.45) is 0.919. The van der Waals surface area contributed by atoms with Crippen molar-refractivity contribution in [3.05, 3.63) is 71.3 Å². The second-order valence-electron chi connectivity index (χ2n) is 6.61. The number of nitrogens with zero attached hydrogens (tertiary/aromatic N) is 1. The van der Waals surface area contributed by atoms with Crippen molar-refractivity contribution >= 4 is 5.91 Å². The Labute approximate surface area is 162 Å². The number of rotatable bonds is 12. The highest BCUT2D eigenvalue weighted by Crippen LogP contribution is 2.11. The normalized spacial score (nSPS) is 10.9. The molecule has 0 aliphatic rings. The average Bonchev–Trinajstić information content (AvgIpc) is 2.68. The number of carbonyl (C=O) groups is 1. The van der Waals surface area contributed by atoms with Crippen molar-refractivity contribution < 1.29 is 14.3 Å². The fourth-order valence-electron chi connectivity index (χ4n) is 2.78. The molecule has 0 heterocycles. The van der Waals surface area contributed by atoms with Crippen molar-refractivity contribution in [1.82, 2.24) is 10.2 Å². The number of carbonyl (C=O) groups excluding carboxylic acids is 1. The van der Waals surface area contributed by atoms with Crippen LogP contribution in [0.1, 0.15) is 23.1 Å². The lowest BCUT2D eigenvalue weighted by Crippen LogP contribution is -2.35. The molecule has 0 fully saturated rings. The Morgan fingerprint density at radius 3 is 2.44 bits per heavy atom. The Bertz CT molecular complexity index is 676. The predicted octanol–water partition coefficient (Wildman–Crippen LogP) is 2.99. The summed E-state index contributed by atoms with van der Waals surface area (Å²) in [6.45, 7) is 3.55. The van der Waals surface area contributed by atoms with Crippen molar-refractivity contribution in [2.45, 2.75) is 26.2 Å². The Morgan fingerprint density at radius 1 is 1.00 bits per heavy atom. The Hall–Kier alpha value is -2.21. The van der Waals surface area contributed by atoms with Gasteiger partial charge in [0.1, 0.15) is 0 Å². The van der Waals surface area contributed by atoms with E-state index >= 15 is 0 Å². The molecule has 2 aromatic carbocycles. The molecule has 5 nitrogen and oxygen atoms in total. The van der Waals surface area contributed by atoms with Gasteiger partial charge in [0, 0.05) is 26.8 Å². The van der Waals surface area contributed by atoms with Crippen molar-refractivity contribution in [2.24, 2.45) is 0 Å². The van der Waals surface area contributed by atoms with Gasteiger partial charge in [-0.1, -0.05) is 54.6 Å². The number of benzene rings is 2. The summed E-state index contributed by atoms with van der Waals surface area (Å²) in [7, 11) is 3.63. The number of amides is 1. The van der Waals surface area contributed by atoms with Gasteiger partial charge in [-0.05, 0) is 30.2 Å². The zero-order valence-electron chi connectivity index (χ0n) is 16.3. The van der Waals surface area contributed by atoms with Crippen molar-refractivity contribution in [1.29, 1.82) is 0 Å². The van der Waals surface area contributed by atoms with Gasteiger partial charge in [0.05, 0.1) is 19.8 Å². The van der Waals surface area contributed by atoms with E-state index in [-0.39, 0.29) is 5.91 Å². The minimum absolute atomic E-state index is 0.0231. The molecule has 0 unspecified atom stereocenters. The SMILES string of the molecule is COCCCN(C)CC(=O)NCc1ccccc1COCc1ccccc1. The number of likely N-dealkylation sites (N-methyl/N-ethyl adjacent to an activating group) is 1. The lowest BCUT2D eigenvalue weighted by molar-refractivity contribution is -0.122. The molecule has 0 saturated carbocycles. The van der Waals surface area contributed by atoms with Gasteiger partial charge in [-0.25, -0.2) is 0 Å². The second kappa shape index (κ2) is 12.2. The molecule has 0 aromatic heterocycles. The van der Waals surface area contributed by atoms with E-state index in [0.717, 1.165) is 29.7 Å². The molecule has 2 aromatic rings. The zero-order valence-corrected chi connectivity index (χ0v) is 16.3. The maximum Gasteiger partial charge on any atom is 0.234 e. The highest BCUT2D eigenvalue weighted by Gasteiger charge is 2.08. The molecule has 5 heteroatoms. The monoisotopic (exact) mass is 370 g/mol. The van der Waals surface area contributed by atoms with E-state index in [0.29, 0.717) is 32.9 Å². The number of hydrogen-bond acceptors (Lipinski definition) is 4.